The molecule has 0 radical (unpaired) electrons. The van der Waals surface area contributed by atoms with E-state index in [0.717, 1.165) is 19.6 Å². The van der Waals surface area contributed by atoms with Crippen LogP contribution in [0.5, 0.6) is 0 Å². The summed E-state index contributed by atoms with van der Waals surface area (Å²) in [6.45, 7) is 7.62. The van der Waals surface area contributed by atoms with Crippen LogP contribution in [0.4, 0.5) is 5.69 Å². The molecule has 3 nitrogen and oxygen atoms in total. The van der Waals surface area contributed by atoms with Crippen LogP contribution in [0.15, 0.2) is 24.3 Å². The van der Waals surface area contributed by atoms with Gasteiger partial charge in [-0.2, -0.15) is 0 Å². The maximum atomic E-state index is 5.55. The molecule has 1 aliphatic rings. The Balaban J connectivity index is 1.91. The average Bonchev–Trinajstić information content (AvgIpc) is 2.33. The third kappa shape index (κ3) is 2.68. The molecule has 0 aliphatic carbocycles. The predicted octanol–water partition coefficient (Wildman–Crippen LogP) is 2.59. The minimum Gasteiger partial charge on any atom is -0.388 e. The lowest BCUT2D eigenvalue weighted by Gasteiger charge is -2.47. The van der Waals surface area contributed by atoms with E-state index < -0.39 is 0 Å². The molecule has 1 aromatic carbocycles. The summed E-state index contributed by atoms with van der Waals surface area (Å²) in [5, 5.41) is 3.25. The molecule has 1 N–H and O–H groups in total. The number of nitrogens with one attached hydrogen (secondary N) is 1. The van der Waals surface area contributed by atoms with Crippen molar-refractivity contribution in [2.24, 2.45) is 5.92 Å². The molecule has 1 heterocycles. The Bertz CT molecular complexity index is 397. The highest BCUT2D eigenvalue weighted by atomic mass is 16.5. The molecule has 100 valence electrons. The van der Waals surface area contributed by atoms with Crippen molar-refractivity contribution >= 4 is 5.69 Å². The van der Waals surface area contributed by atoms with Gasteiger partial charge < -0.3 is 10.1 Å². The molecular formula is C15H24N2O. The third-order valence-corrected chi connectivity index (χ3v) is 4.15. The van der Waals surface area contributed by atoms with E-state index in [-0.39, 0.29) is 5.60 Å². The highest BCUT2D eigenvalue weighted by molar-refractivity contribution is 5.50. The molecule has 1 fully saturated rings. The molecule has 3 heteroatoms. The van der Waals surface area contributed by atoms with E-state index in [0.29, 0.717) is 5.92 Å². The Hall–Kier alpha value is -1.06. The van der Waals surface area contributed by atoms with Gasteiger partial charge in [-0.25, -0.2) is 0 Å². The first kappa shape index (κ1) is 13.4. The summed E-state index contributed by atoms with van der Waals surface area (Å²) in [6, 6.07) is 8.50. The first-order valence-corrected chi connectivity index (χ1v) is 6.60. The minimum absolute atomic E-state index is 0.000968. The van der Waals surface area contributed by atoms with E-state index in [2.05, 4.69) is 48.3 Å². The quantitative estimate of drug-likeness (QED) is 0.867. The molecular weight excluding hydrogens is 224 g/mol. The summed E-state index contributed by atoms with van der Waals surface area (Å²) in [5.74, 6) is 0.643. The lowest BCUT2D eigenvalue weighted by molar-refractivity contribution is -0.0900. The van der Waals surface area contributed by atoms with Crippen molar-refractivity contribution in [1.82, 2.24) is 4.90 Å². The van der Waals surface area contributed by atoms with Crippen molar-refractivity contribution in [3.63, 3.8) is 0 Å². The lowest BCUT2D eigenvalue weighted by Crippen LogP contribution is -2.55. The fourth-order valence-corrected chi connectivity index (χ4v) is 2.45. The normalized spacial score (nSPS) is 17.6. The van der Waals surface area contributed by atoms with E-state index >= 15 is 0 Å². The van der Waals surface area contributed by atoms with Crippen LogP contribution in [0.2, 0.25) is 0 Å². The number of rotatable bonds is 5. The molecule has 0 atom stereocenters. The third-order valence-electron chi connectivity index (χ3n) is 4.15. The number of anilines is 1. The van der Waals surface area contributed by atoms with Crippen LogP contribution in [0.3, 0.4) is 0 Å². The molecule has 0 amide bonds. The minimum atomic E-state index is -0.000968. The molecule has 0 saturated carbocycles. The van der Waals surface area contributed by atoms with Gasteiger partial charge in [0.05, 0.1) is 5.60 Å². The van der Waals surface area contributed by atoms with Crippen molar-refractivity contribution in [3.05, 3.63) is 29.8 Å². The Morgan fingerprint density at radius 3 is 2.61 bits per heavy atom. The van der Waals surface area contributed by atoms with E-state index in [1.54, 1.807) is 7.11 Å². The maximum absolute atomic E-state index is 5.55. The number of ether oxygens (including phenoxy) is 1. The molecule has 1 saturated heterocycles. The molecule has 0 aromatic heterocycles. The van der Waals surface area contributed by atoms with Gasteiger partial charge in [0.15, 0.2) is 0 Å². The molecule has 1 aliphatic heterocycles. The standard InChI is InChI=1S/C15H24N2O/c1-15(2,18-4)13-10-17(11-13)9-12-7-5-6-8-14(12)16-3/h5-8,13,16H,9-11H2,1-4H3. The molecule has 18 heavy (non-hydrogen) atoms. The first-order chi connectivity index (χ1) is 8.56. The van der Waals surface area contributed by atoms with Gasteiger partial charge in [0.2, 0.25) is 0 Å². The number of benzene rings is 1. The van der Waals surface area contributed by atoms with Crippen LogP contribution in [0, 0.1) is 5.92 Å². The summed E-state index contributed by atoms with van der Waals surface area (Å²) in [5.41, 5.74) is 2.60. The largest absolute Gasteiger partial charge is 0.388 e. The van der Waals surface area contributed by atoms with Crippen LogP contribution in [-0.2, 0) is 11.3 Å². The summed E-state index contributed by atoms with van der Waals surface area (Å²) in [6.07, 6.45) is 0. The molecule has 1 aromatic rings. The Labute approximate surface area is 110 Å². The SMILES string of the molecule is CNc1ccccc1CN1CC(C(C)(C)OC)C1. The number of hydrogen-bond donors (Lipinski definition) is 1. The Kier molecular flexibility index (Phi) is 3.93. The van der Waals surface area contributed by atoms with Crippen molar-refractivity contribution in [2.45, 2.75) is 26.0 Å². The summed E-state index contributed by atoms with van der Waals surface area (Å²) in [7, 11) is 3.78. The highest BCUT2D eigenvalue weighted by Crippen LogP contribution is 2.31. The molecule has 0 spiro atoms. The van der Waals surface area contributed by atoms with E-state index in [9.17, 15) is 0 Å². The van der Waals surface area contributed by atoms with E-state index in [1.165, 1.54) is 11.3 Å². The van der Waals surface area contributed by atoms with Gasteiger partial charge in [-0.1, -0.05) is 18.2 Å². The van der Waals surface area contributed by atoms with Crippen LogP contribution in [-0.4, -0.2) is 37.7 Å². The van der Waals surface area contributed by atoms with Crippen molar-refractivity contribution in [1.29, 1.82) is 0 Å². The number of methoxy groups -OCH3 is 1. The zero-order chi connectivity index (χ0) is 13.2. The topological polar surface area (TPSA) is 24.5 Å². The van der Waals surface area contributed by atoms with Crippen LogP contribution >= 0.6 is 0 Å². The average molecular weight is 248 g/mol. The second-order valence-electron chi connectivity index (χ2n) is 5.61. The summed E-state index contributed by atoms with van der Waals surface area (Å²) >= 11 is 0. The first-order valence-electron chi connectivity index (χ1n) is 6.60. The Morgan fingerprint density at radius 2 is 2.00 bits per heavy atom. The second-order valence-corrected chi connectivity index (χ2v) is 5.61. The summed E-state index contributed by atoms with van der Waals surface area (Å²) in [4.78, 5) is 2.47. The zero-order valence-corrected chi connectivity index (χ0v) is 11.9. The highest BCUT2D eigenvalue weighted by Gasteiger charge is 2.38. The number of para-hydroxylation sites is 1. The molecule has 0 unspecified atom stereocenters. The fraction of sp³-hybridized carbons (Fsp3) is 0.600. The zero-order valence-electron chi connectivity index (χ0n) is 11.9. The maximum Gasteiger partial charge on any atom is 0.0675 e. The predicted molar refractivity (Wildman–Crippen MR) is 75.8 cm³/mol. The molecule has 0 bridgehead atoms. The number of likely N-dealkylation sites (tertiary alicyclic amines) is 1. The second kappa shape index (κ2) is 5.29. The van der Waals surface area contributed by atoms with Gasteiger partial charge in [-0.15, -0.1) is 0 Å². The Morgan fingerprint density at radius 1 is 1.33 bits per heavy atom. The fourth-order valence-electron chi connectivity index (χ4n) is 2.45. The van der Waals surface area contributed by atoms with Gasteiger partial charge in [-0.3, -0.25) is 4.90 Å². The van der Waals surface area contributed by atoms with Gasteiger partial charge in [-0.05, 0) is 25.5 Å². The van der Waals surface area contributed by atoms with Gasteiger partial charge in [0.1, 0.15) is 0 Å². The van der Waals surface area contributed by atoms with Gasteiger partial charge in [0.25, 0.3) is 0 Å². The van der Waals surface area contributed by atoms with Crippen LogP contribution < -0.4 is 5.32 Å². The van der Waals surface area contributed by atoms with Crippen LogP contribution in [0.1, 0.15) is 19.4 Å². The van der Waals surface area contributed by atoms with Crippen molar-refractivity contribution in [3.8, 4) is 0 Å². The molecule has 2 rings (SSSR count). The van der Waals surface area contributed by atoms with Gasteiger partial charge in [0, 0.05) is 45.4 Å². The van der Waals surface area contributed by atoms with E-state index in [1.807, 2.05) is 7.05 Å². The van der Waals surface area contributed by atoms with Crippen molar-refractivity contribution in [2.75, 3.05) is 32.6 Å². The van der Waals surface area contributed by atoms with Gasteiger partial charge >= 0.3 is 0 Å². The lowest BCUT2D eigenvalue weighted by atomic mass is 9.84. The van der Waals surface area contributed by atoms with Crippen molar-refractivity contribution < 1.29 is 4.74 Å². The smallest absolute Gasteiger partial charge is 0.0675 e. The van der Waals surface area contributed by atoms with Crippen LogP contribution in [0.25, 0.3) is 0 Å². The monoisotopic (exact) mass is 248 g/mol. The number of hydrogen-bond acceptors (Lipinski definition) is 3. The van der Waals surface area contributed by atoms with E-state index in [4.69, 9.17) is 4.74 Å². The summed E-state index contributed by atoms with van der Waals surface area (Å²) < 4.78 is 5.55. The number of nitrogens with zero attached hydrogens (tertiary/aromatic N) is 1.